The van der Waals surface area contributed by atoms with Crippen molar-refractivity contribution in [3.63, 3.8) is 0 Å². The summed E-state index contributed by atoms with van der Waals surface area (Å²) in [7, 11) is 1.60. The molecule has 6 nitrogen and oxygen atoms in total. The predicted molar refractivity (Wildman–Crippen MR) is 60.1 cm³/mol. The first-order valence-electron chi connectivity index (χ1n) is 4.99. The number of nitrogens with zero attached hydrogens (tertiary/aromatic N) is 3. The van der Waals surface area contributed by atoms with Crippen LogP contribution in [0.25, 0.3) is 5.52 Å². The van der Waals surface area contributed by atoms with Gasteiger partial charge in [-0.1, -0.05) is 0 Å². The van der Waals surface area contributed by atoms with Crippen LogP contribution in [0.5, 0.6) is 0 Å². The molecule has 0 saturated carbocycles. The zero-order chi connectivity index (χ0) is 11.5. The molecule has 0 aliphatic carbocycles. The summed E-state index contributed by atoms with van der Waals surface area (Å²) in [5.74, 6) is 0.569. The summed E-state index contributed by atoms with van der Waals surface area (Å²) in [5, 5.41) is 9.70. The van der Waals surface area contributed by atoms with Crippen LogP contribution in [0.2, 0.25) is 0 Å². The smallest absolute Gasteiger partial charge is 0.241 e. The van der Waals surface area contributed by atoms with Gasteiger partial charge >= 0.3 is 0 Å². The van der Waals surface area contributed by atoms with Gasteiger partial charge in [-0.2, -0.15) is 5.10 Å². The van der Waals surface area contributed by atoms with Crippen LogP contribution in [-0.4, -0.2) is 33.6 Å². The summed E-state index contributed by atoms with van der Waals surface area (Å²) in [6.45, 7) is 1.78. The van der Waals surface area contributed by atoms with Crippen molar-refractivity contribution in [3.8, 4) is 0 Å². The molecule has 2 aromatic rings. The summed E-state index contributed by atoms with van der Waals surface area (Å²) >= 11 is 0. The number of hydrogen-bond donors (Lipinski definition) is 2. The molecule has 2 rings (SSSR count). The zero-order valence-electron chi connectivity index (χ0n) is 9.14. The van der Waals surface area contributed by atoms with Crippen molar-refractivity contribution in [2.45, 2.75) is 13.0 Å². The largest absolute Gasteiger partial charge is 0.357 e. The van der Waals surface area contributed by atoms with E-state index in [1.807, 2.05) is 6.07 Å². The van der Waals surface area contributed by atoms with Crippen LogP contribution in [0.15, 0.2) is 24.7 Å². The van der Waals surface area contributed by atoms with Crippen LogP contribution >= 0.6 is 0 Å². The number of nitrogens with one attached hydrogen (secondary N) is 2. The lowest BCUT2D eigenvalue weighted by Crippen LogP contribution is -2.35. The van der Waals surface area contributed by atoms with Crippen molar-refractivity contribution < 1.29 is 4.79 Å². The molecular weight excluding hydrogens is 206 g/mol. The highest BCUT2D eigenvalue weighted by Crippen LogP contribution is 2.13. The number of likely N-dealkylation sites (N-methyl/N-ethyl adjacent to an activating group) is 1. The van der Waals surface area contributed by atoms with E-state index in [1.54, 1.807) is 37.1 Å². The molecule has 0 bridgehead atoms. The lowest BCUT2D eigenvalue weighted by atomic mass is 10.3. The van der Waals surface area contributed by atoms with Gasteiger partial charge in [-0.05, 0) is 13.0 Å². The van der Waals surface area contributed by atoms with E-state index < -0.39 is 0 Å². The van der Waals surface area contributed by atoms with Crippen molar-refractivity contribution in [1.82, 2.24) is 19.9 Å². The van der Waals surface area contributed by atoms with E-state index in [0.717, 1.165) is 5.52 Å². The van der Waals surface area contributed by atoms with E-state index >= 15 is 0 Å². The number of carbonyl (C=O) groups excluding carboxylic acids is 1. The molecule has 0 aliphatic heterocycles. The third-order valence-electron chi connectivity index (χ3n) is 2.32. The molecule has 0 spiro atoms. The molecule has 1 atom stereocenters. The Labute approximate surface area is 92.7 Å². The monoisotopic (exact) mass is 219 g/mol. The third kappa shape index (κ3) is 1.81. The molecule has 16 heavy (non-hydrogen) atoms. The maximum atomic E-state index is 11.4. The molecule has 0 saturated heterocycles. The Hall–Kier alpha value is -2.11. The Morgan fingerprint density at radius 2 is 2.31 bits per heavy atom. The topological polar surface area (TPSA) is 71.3 Å². The number of amides is 1. The van der Waals surface area contributed by atoms with Crippen molar-refractivity contribution in [3.05, 3.63) is 24.7 Å². The first-order chi connectivity index (χ1) is 7.72. The number of anilines is 1. The highest BCUT2D eigenvalue weighted by Gasteiger charge is 2.12. The van der Waals surface area contributed by atoms with E-state index in [0.29, 0.717) is 5.82 Å². The molecule has 0 aliphatic rings. The lowest BCUT2D eigenvalue weighted by molar-refractivity contribution is -0.121. The Balaban J connectivity index is 2.27. The van der Waals surface area contributed by atoms with Crippen LogP contribution in [0.4, 0.5) is 5.82 Å². The van der Waals surface area contributed by atoms with Gasteiger partial charge < -0.3 is 10.6 Å². The van der Waals surface area contributed by atoms with E-state index in [9.17, 15) is 4.79 Å². The molecule has 1 amide bonds. The Bertz CT molecular complexity index is 507. The molecule has 0 radical (unpaired) electrons. The summed E-state index contributed by atoms with van der Waals surface area (Å²) in [6.07, 6.45) is 5.08. The number of rotatable bonds is 3. The molecule has 2 aromatic heterocycles. The van der Waals surface area contributed by atoms with Crippen LogP contribution in [0.3, 0.4) is 0 Å². The van der Waals surface area contributed by atoms with Crippen molar-refractivity contribution >= 4 is 17.2 Å². The van der Waals surface area contributed by atoms with Crippen LogP contribution in [0, 0.1) is 0 Å². The van der Waals surface area contributed by atoms with Gasteiger partial charge in [0.2, 0.25) is 5.91 Å². The summed E-state index contributed by atoms with van der Waals surface area (Å²) in [4.78, 5) is 15.6. The van der Waals surface area contributed by atoms with Crippen molar-refractivity contribution in [2.24, 2.45) is 0 Å². The standard InChI is InChI=1S/C10H13N5O/c1-7(10(16)11-2)14-9-8-3-4-13-15(8)6-5-12-9/h3-7H,1-2H3,(H,11,16)(H,12,14). The van der Waals surface area contributed by atoms with Crippen molar-refractivity contribution in [1.29, 1.82) is 0 Å². The number of fused-ring (bicyclic) bond motifs is 1. The highest BCUT2D eigenvalue weighted by molar-refractivity contribution is 5.85. The molecule has 0 fully saturated rings. The van der Waals surface area contributed by atoms with Gasteiger partial charge in [-0.15, -0.1) is 0 Å². The minimum absolute atomic E-state index is 0.0803. The first-order valence-corrected chi connectivity index (χ1v) is 4.99. The molecule has 0 aromatic carbocycles. The van der Waals surface area contributed by atoms with Crippen LogP contribution in [0.1, 0.15) is 6.92 Å². The SMILES string of the molecule is CNC(=O)C(C)Nc1nccn2nccc12. The van der Waals surface area contributed by atoms with E-state index in [2.05, 4.69) is 20.7 Å². The van der Waals surface area contributed by atoms with E-state index in [4.69, 9.17) is 0 Å². The Kier molecular flexibility index (Phi) is 2.72. The second kappa shape index (κ2) is 4.18. The lowest BCUT2D eigenvalue weighted by Gasteiger charge is -2.13. The average Bonchev–Trinajstić information content (AvgIpc) is 2.77. The molecular formula is C10H13N5O. The minimum Gasteiger partial charge on any atom is -0.357 e. The summed E-state index contributed by atoms with van der Waals surface area (Å²) in [6, 6.07) is 1.50. The molecule has 6 heteroatoms. The van der Waals surface area contributed by atoms with Crippen LogP contribution < -0.4 is 10.6 Å². The fourth-order valence-electron chi connectivity index (χ4n) is 1.46. The van der Waals surface area contributed by atoms with Gasteiger partial charge in [0.15, 0.2) is 5.82 Å². The van der Waals surface area contributed by atoms with Crippen LogP contribution in [-0.2, 0) is 4.79 Å². The number of hydrogen-bond acceptors (Lipinski definition) is 4. The van der Waals surface area contributed by atoms with Gasteiger partial charge in [-0.3, -0.25) is 4.79 Å². The average molecular weight is 219 g/mol. The van der Waals surface area contributed by atoms with Gasteiger partial charge in [0.05, 0.1) is 6.20 Å². The fraction of sp³-hybridized carbons (Fsp3) is 0.300. The molecule has 1 unspecified atom stereocenters. The zero-order valence-corrected chi connectivity index (χ0v) is 9.14. The second-order valence-corrected chi connectivity index (χ2v) is 3.42. The van der Waals surface area contributed by atoms with Gasteiger partial charge in [0, 0.05) is 19.4 Å². The normalized spacial score (nSPS) is 12.4. The predicted octanol–water partition coefficient (Wildman–Crippen LogP) is 0.276. The minimum atomic E-state index is -0.335. The molecule has 2 N–H and O–H groups in total. The van der Waals surface area contributed by atoms with Crippen molar-refractivity contribution in [2.75, 3.05) is 12.4 Å². The molecule has 2 heterocycles. The maximum Gasteiger partial charge on any atom is 0.241 e. The fourth-order valence-corrected chi connectivity index (χ4v) is 1.46. The second-order valence-electron chi connectivity index (χ2n) is 3.42. The number of carbonyl (C=O) groups is 1. The number of aromatic nitrogens is 3. The summed E-state index contributed by atoms with van der Waals surface area (Å²) < 4.78 is 1.70. The van der Waals surface area contributed by atoms with Gasteiger partial charge in [0.25, 0.3) is 0 Å². The Morgan fingerprint density at radius 1 is 1.50 bits per heavy atom. The molecule has 84 valence electrons. The summed E-state index contributed by atoms with van der Waals surface area (Å²) in [5.41, 5.74) is 0.846. The maximum absolute atomic E-state index is 11.4. The third-order valence-corrected chi connectivity index (χ3v) is 2.32. The quantitative estimate of drug-likeness (QED) is 0.777. The van der Waals surface area contributed by atoms with Gasteiger partial charge in [0.1, 0.15) is 11.6 Å². The van der Waals surface area contributed by atoms with E-state index in [1.165, 1.54) is 0 Å². The van der Waals surface area contributed by atoms with Gasteiger partial charge in [-0.25, -0.2) is 9.50 Å². The Morgan fingerprint density at radius 3 is 3.06 bits per heavy atom. The van der Waals surface area contributed by atoms with E-state index in [-0.39, 0.29) is 11.9 Å². The highest BCUT2D eigenvalue weighted by atomic mass is 16.2. The first kappa shape index (κ1) is 10.4.